The summed E-state index contributed by atoms with van der Waals surface area (Å²) in [5.41, 5.74) is 0. The fraction of sp³-hybridized carbons (Fsp3) is 0.562. The number of carbonyl (C=O) groups is 1. The molecule has 1 aromatic heterocycles. The molecule has 0 bridgehead atoms. The largest absolute Gasteiger partial charge is 0.384 e. The number of thiophene rings is 1. The Balaban J connectivity index is 2.03. The molecule has 108 valence electrons. The standard InChI is InChI=1S/C16H21NO2S/c1-17(13-7-4-2-3-5-8-13)16(19)15-11-10-14(20-15)9-6-12-18/h10-11,13,18H,2-5,7-8,12H2,1H3. The third kappa shape index (κ3) is 3.84. The van der Waals surface area contributed by atoms with Gasteiger partial charge in [0, 0.05) is 13.1 Å². The van der Waals surface area contributed by atoms with Crippen molar-refractivity contribution in [2.45, 2.75) is 44.6 Å². The molecule has 1 saturated carbocycles. The first-order chi connectivity index (χ1) is 9.72. The van der Waals surface area contributed by atoms with Gasteiger partial charge >= 0.3 is 0 Å². The van der Waals surface area contributed by atoms with Crippen LogP contribution in [-0.4, -0.2) is 35.6 Å². The third-order valence-corrected chi connectivity index (χ3v) is 4.79. The van der Waals surface area contributed by atoms with Crippen molar-refractivity contribution in [2.24, 2.45) is 0 Å². The van der Waals surface area contributed by atoms with Crippen LogP contribution in [0.3, 0.4) is 0 Å². The molecule has 0 aliphatic heterocycles. The monoisotopic (exact) mass is 291 g/mol. The van der Waals surface area contributed by atoms with Gasteiger partial charge in [-0.3, -0.25) is 4.79 Å². The van der Waals surface area contributed by atoms with Crippen molar-refractivity contribution in [2.75, 3.05) is 13.7 Å². The molecule has 1 amide bonds. The summed E-state index contributed by atoms with van der Waals surface area (Å²) < 4.78 is 0. The molecule has 1 fully saturated rings. The summed E-state index contributed by atoms with van der Waals surface area (Å²) in [5, 5.41) is 8.68. The van der Waals surface area contributed by atoms with Crippen LogP contribution in [0, 0.1) is 11.8 Å². The second kappa shape index (κ2) is 7.47. The Labute approximate surface area is 124 Å². The Morgan fingerprint density at radius 3 is 2.70 bits per heavy atom. The van der Waals surface area contributed by atoms with Crippen LogP contribution < -0.4 is 0 Å². The van der Waals surface area contributed by atoms with Gasteiger partial charge in [-0.05, 0) is 25.0 Å². The first-order valence-electron chi connectivity index (χ1n) is 7.19. The Morgan fingerprint density at radius 1 is 1.35 bits per heavy atom. The van der Waals surface area contributed by atoms with Gasteiger partial charge in [0.15, 0.2) is 0 Å². The highest BCUT2D eigenvalue weighted by atomic mass is 32.1. The van der Waals surface area contributed by atoms with Gasteiger partial charge in [-0.2, -0.15) is 0 Å². The van der Waals surface area contributed by atoms with Crippen molar-refractivity contribution >= 4 is 17.2 Å². The van der Waals surface area contributed by atoms with Gasteiger partial charge in [0.25, 0.3) is 5.91 Å². The molecule has 0 saturated heterocycles. The van der Waals surface area contributed by atoms with Crippen LogP contribution >= 0.6 is 11.3 Å². The van der Waals surface area contributed by atoms with E-state index in [9.17, 15) is 4.79 Å². The molecule has 4 heteroatoms. The lowest BCUT2D eigenvalue weighted by atomic mass is 10.1. The summed E-state index contributed by atoms with van der Waals surface area (Å²) in [4.78, 5) is 16.0. The van der Waals surface area contributed by atoms with Gasteiger partial charge in [0.1, 0.15) is 6.61 Å². The van der Waals surface area contributed by atoms with Crippen molar-refractivity contribution < 1.29 is 9.90 Å². The fourth-order valence-corrected chi connectivity index (χ4v) is 3.49. The lowest BCUT2D eigenvalue weighted by molar-refractivity contribution is 0.0722. The molecule has 2 rings (SSSR count). The fourth-order valence-electron chi connectivity index (χ4n) is 2.63. The van der Waals surface area contributed by atoms with Crippen LogP contribution in [0.4, 0.5) is 0 Å². The summed E-state index contributed by atoms with van der Waals surface area (Å²) in [6.07, 6.45) is 7.26. The number of amides is 1. The van der Waals surface area contributed by atoms with E-state index >= 15 is 0 Å². The quantitative estimate of drug-likeness (QED) is 0.672. The molecule has 0 aromatic carbocycles. The van der Waals surface area contributed by atoms with Crippen molar-refractivity contribution in [1.82, 2.24) is 4.90 Å². The molecule has 1 aromatic rings. The van der Waals surface area contributed by atoms with E-state index in [4.69, 9.17) is 5.11 Å². The molecular weight excluding hydrogens is 270 g/mol. The van der Waals surface area contributed by atoms with E-state index in [-0.39, 0.29) is 12.5 Å². The Morgan fingerprint density at radius 2 is 2.05 bits per heavy atom. The molecule has 1 heterocycles. The molecule has 1 aliphatic carbocycles. The van der Waals surface area contributed by atoms with Gasteiger partial charge in [0.2, 0.25) is 0 Å². The zero-order valence-corrected chi connectivity index (χ0v) is 12.7. The van der Waals surface area contributed by atoms with E-state index in [0.29, 0.717) is 6.04 Å². The number of hydrogen-bond donors (Lipinski definition) is 1. The average molecular weight is 291 g/mol. The zero-order valence-electron chi connectivity index (χ0n) is 11.9. The molecular formula is C16H21NO2S. The second-order valence-corrected chi connectivity index (χ2v) is 6.27. The number of aliphatic hydroxyl groups excluding tert-OH is 1. The van der Waals surface area contributed by atoms with Crippen LogP contribution in [0.1, 0.15) is 53.1 Å². The SMILES string of the molecule is CN(C(=O)c1ccc(C#CCO)s1)C1CCCCCC1. The van der Waals surface area contributed by atoms with Crippen LogP contribution in [0.5, 0.6) is 0 Å². The van der Waals surface area contributed by atoms with E-state index in [1.54, 1.807) is 0 Å². The molecule has 0 radical (unpaired) electrons. The van der Waals surface area contributed by atoms with Crippen LogP contribution in [0.2, 0.25) is 0 Å². The van der Waals surface area contributed by atoms with Crippen molar-refractivity contribution in [3.8, 4) is 11.8 Å². The number of carbonyl (C=O) groups excluding carboxylic acids is 1. The van der Waals surface area contributed by atoms with E-state index in [0.717, 1.165) is 22.6 Å². The predicted molar refractivity (Wildman–Crippen MR) is 81.9 cm³/mol. The highest BCUT2D eigenvalue weighted by molar-refractivity contribution is 7.14. The maximum Gasteiger partial charge on any atom is 0.263 e. The van der Waals surface area contributed by atoms with Crippen molar-refractivity contribution in [3.05, 3.63) is 21.9 Å². The highest BCUT2D eigenvalue weighted by Crippen LogP contribution is 2.24. The van der Waals surface area contributed by atoms with E-state index in [1.807, 2.05) is 24.1 Å². The van der Waals surface area contributed by atoms with Gasteiger partial charge < -0.3 is 10.0 Å². The minimum absolute atomic E-state index is 0.0962. The van der Waals surface area contributed by atoms with E-state index in [2.05, 4.69) is 11.8 Å². The van der Waals surface area contributed by atoms with Crippen LogP contribution in [-0.2, 0) is 0 Å². The van der Waals surface area contributed by atoms with Gasteiger partial charge in [-0.25, -0.2) is 0 Å². The van der Waals surface area contributed by atoms with E-state index in [1.165, 1.54) is 37.0 Å². The molecule has 0 atom stereocenters. The smallest absolute Gasteiger partial charge is 0.263 e. The van der Waals surface area contributed by atoms with Crippen molar-refractivity contribution in [1.29, 1.82) is 0 Å². The first kappa shape index (κ1) is 15.1. The lowest BCUT2D eigenvalue weighted by Crippen LogP contribution is -2.36. The van der Waals surface area contributed by atoms with E-state index < -0.39 is 0 Å². The minimum atomic E-state index is -0.150. The van der Waals surface area contributed by atoms with Gasteiger partial charge in [-0.15, -0.1) is 11.3 Å². The maximum absolute atomic E-state index is 12.5. The Bertz CT molecular complexity index is 504. The third-order valence-electron chi connectivity index (χ3n) is 3.80. The number of rotatable bonds is 2. The normalized spacial score (nSPS) is 16.1. The first-order valence-corrected chi connectivity index (χ1v) is 8.00. The van der Waals surface area contributed by atoms with Crippen molar-refractivity contribution in [3.63, 3.8) is 0 Å². The van der Waals surface area contributed by atoms with Crippen LogP contribution in [0.25, 0.3) is 0 Å². The topological polar surface area (TPSA) is 40.5 Å². The molecule has 3 nitrogen and oxygen atoms in total. The molecule has 1 N–H and O–H groups in total. The molecule has 20 heavy (non-hydrogen) atoms. The molecule has 0 unspecified atom stereocenters. The Hall–Kier alpha value is -1.31. The second-order valence-electron chi connectivity index (χ2n) is 5.19. The zero-order chi connectivity index (χ0) is 14.4. The van der Waals surface area contributed by atoms with Gasteiger partial charge in [-0.1, -0.05) is 37.5 Å². The Kier molecular flexibility index (Phi) is 5.63. The average Bonchev–Trinajstić information content (AvgIpc) is 2.76. The highest BCUT2D eigenvalue weighted by Gasteiger charge is 2.23. The number of nitrogens with zero attached hydrogens (tertiary/aromatic N) is 1. The summed E-state index contributed by atoms with van der Waals surface area (Å²) >= 11 is 1.40. The summed E-state index contributed by atoms with van der Waals surface area (Å²) in [5.74, 6) is 5.55. The molecule has 0 spiro atoms. The number of hydrogen-bond acceptors (Lipinski definition) is 3. The van der Waals surface area contributed by atoms with Crippen LogP contribution in [0.15, 0.2) is 12.1 Å². The summed E-state index contributed by atoms with van der Waals surface area (Å²) in [7, 11) is 1.91. The minimum Gasteiger partial charge on any atom is -0.384 e. The predicted octanol–water partition coefficient (Wildman–Crippen LogP) is 2.89. The lowest BCUT2D eigenvalue weighted by Gasteiger charge is -2.26. The maximum atomic E-state index is 12.5. The summed E-state index contributed by atoms with van der Waals surface area (Å²) in [6, 6.07) is 4.06. The molecule has 1 aliphatic rings. The number of aliphatic hydroxyl groups is 1. The van der Waals surface area contributed by atoms with Gasteiger partial charge in [0.05, 0.1) is 9.75 Å². The summed E-state index contributed by atoms with van der Waals surface area (Å²) in [6.45, 7) is -0.150.